The normalized spacial score (nSPS) is 12.6. The van der Waals surface area contributed by atoms with E-state index in [0.717, 1.165) is 96.8 Å². The van der Waals surface area contributed by atoms with Crippen LogP contribution >= 0.6 is 0 Å². The fraction of sp³-hybridized carbons (Fsp3) is 0.933. The first-order valence-electron chi connectivity index (χ1n) is 22.9. The molecule has 0 saturated heterocycles. The fourth-order valence-electron chi connectivity index (χ4n) is 6.85. The minimum absolute atomic E-state index is 0.0175. The fourth-order valence-corrected chi connectivity index (χ4v) is 6.85. The van der Waals surface area contributed by atoms with Crippen molar-refractivity contribution < 1.29 is 33.3 Å². The minimum atomic E-state index is -0.652. The summed E-state index contributed by atoms with van der Waals surface area (Å²) in [7, 11) is 0. The Hall–Kier alpha value is -1.87. The highest BCUT2D eigenvalue weighted by molar-refractivity contribution is 5.72. The molecule has 2 atom stereocenters. The molecular formula is C45H88N2O7. The second kappa shape index (κ2) is 39.4. The van der Waals surface area contributed by atoms with E-state index in [4.69, 9.17) is 18.9 Å². The Kier molecular flexibility index (Phi) is 38.0. The van der Waals surface area contributed by atoms with E-state index in [1.807, 2.05) is 0 Å². The summed E-state index contributed by atoms with van der Waals surface area (Å²) in [5.74, 6) is -0.242. The summed E-state index contributed by atoms with van der Waals surface area (Å²) in [4.78, 5) is 43.0. The van der Waals surface area contributed by atoms with Gasteiger partial charge in [-0.2, -0.15) is 0 Å². The average Bonchev–Trinajstić information content (AvgIpc) is 3.16. The lowest BCUT2D eigenvalue weighted by atomic mass is 9.94. The van der Waals surface area contributed by atoms with E-state index in [1.165, 1.54) is 70.6 Å². The third-order valence-electron chi connectivity index (χ3n) is 10.6. The van der Waals surface area contributed by atoms with E-state index < -0.39 is 6.16 Å². The van der Waals surface area contributed by atoms with Crippen LogP contribution in [0.15, 0.2) is 0 Å². The molecule has 0 amide bonds. The van der Waals surface area contributed by atoms with Crippen LogP contribution in [0.25, 0.3) is 0 Å². The zero-order valence-electron chi connectivity index (χ0n) is 36.4. The van der Waals surface area contributed by atoms with E-state index in [-0.39, 0.29) is 30.6 Å². The van der Waals surface area contributed by atoms with Crippen LogP contribution in [0, 0.1) is 5.92 Å². The van der Waals surface area contributed by atoms with Gasteiger partial charge in [-0.15, -0.1) is 0 Å². The van der Waals surface area contributed by atoms with E-state index >= 15 is 0 Å². The maximum absolute atomic E-state index is 13.3. The lowest BCUT2D eigenvalue weighted by molar-refractivity contribution is -0.149. The lowest BCUT2D eigenvalue weighted by Crippen LogP contribution is -2.39. The van der Waals surface area contributed by atoms with Gasteiger partial charge in [0, 0.05) is 32.6 Å². The molecule has 0 aromatic heterocycles. The minimum Gasteiger partial charge on any atom is -0.466 e. The van der Waals surface area contributed by atoms with Gasteiger partial charge in [0.05, 0.1) is 12.5 Å². The average molecular weight is 769 g/mol. The number of esters is 2. The van der Waals surface area contributed by atoms with E-state index in [9.17, 15) is 14.4 Å². The standard InChI is InChI=1S/C45H88N2O7/c1-7-13-17-21-22-25-30-41(29-24-19-15-9-3)44(49)52-39-36-47(35-34-46(11-5)12-6)37-40-53-45(50)54-42(31-26-20-16-10-4)32-28-33-43(48)51-38-27-23-18-14-8-2/h41-42H,7-40H2,1-6H3. The van der Waals surface area contributed by atoms with Crippen molar-refractivity contribution in [2.75, 3.05) is 59.1 Å². The van der Waals surface area contributed by atoms with Crippen LogP contribution < -0.4 is 0 Å². The number of likely N-dealkylation sites (N-methyl/N-ethyl adjacent to an activating group) is 1. The van der Waals surface area contributed by atoms with Crippen LogP contribution in [0.1, 0.15) is 202 Å². The van der Waals surface area contributed by atoms with Gasteiger partial charge in [0.15, 0.2) is 0 Å². The number of unbranched alkanes of at least 4 members (excludes halogenated alkanes) is 15. The molecule has 9 nitrogen and oxygen atoms in total. The lowest BCUT2D eigenvalue weighted by Gasteiger charge is -2.26. The van der Waals surface area contributed by atoms with E-state index in [2.05, 4.69) is 51.3 Å². The SMILES string of the molecule is CCCCCCCCC(CCCCCC)C(=O)OCCN(CCOC(=O)OC(CCCCCC)CCCC(=O)OCCCCCCC)CCN(CC)CC. The molecule has 320 valence electrons. The number of carbonyl (C=O) groups is 3. The van der Waals surface area contributed by atoms with Crippen molar-refractivity contribution in [3.05, 3.63) is 0 Å². The summed E-state index contributed by atoms with van der Waals surface area (Å²) in [6.45, 7) is 18.9. The van der Waals surface area contributed by atoms with E-state index in [0.29, 0.717) is 45.6 Å². The highest BCUT2D eigenvalue weighted by Gasteiger charge is 2.21. The monoisotopic (exact) mass is 769 g/mol. The molecule has 0 fully saturated rings. The molecule has 0 aromatic rings. The summed E-state index contributed by atoms with van der Waals surface area (Å²) in [6, 6.07) is 0. The molecule has 0 aliphatic carbocycles. The second-order valence-electron chi connectivity index (χ2n) is 15.4. The topological polar surface area (TPSA) is 94.6 Å². The zero-order valence-corrected chi connectivity index (χ0v) is 36.4. The molecular weight excluding hydrogens is 681 g/mol. The number of hydrogen-bond donors (Lipinski definition) is 0. The Morgan fingerprint density at radius 3 is 1.48 bits per heavy atom. The van der Waals surface area contributed by atoms with Crippen molar-refractivity contribution in [3.63, 3.8) is 0 Å². The summed E-state index contributed by atoms with van der Waals surface area (Å²) in [6.07, 6.45) is 25.2. The van der Waals surface area contributed by atoms with Gasteiger partial charge in [-0.25, -0.2) is 4.79 Å². The Bertz CT molecular complexity index is 854. The molecule has 0 rings (SSSR count). The summed E-state index contributed by atoms with van der Waals surface area (Å²) >= 11 is 0. The number of carbonyl (C=O) groups excluding carboxylic acids is 3. The van der Waals surface area contributed by atoms with E-state index in [1.54, 1.807) is 0 Å². The Morgan fingerprint density at radius 1 is 0.444 bits per heavy atom. The Morgan fingerprint density at radius 2 is 0.907 bits per heavy atom. The van der Waals surface area contributed by atoms with Gasteiger partial charge in [0.2, 0.25) is 0 Å². The van der Waals surface area contributed by atoms with Gasteiger partial charge in [-0.1, -0.05) is 151 Å². The molecule has 0 radical (unpaired) electrons. The molecule has 0 spiro atoms. The van der Waals surface area contributed by atoms with Crippen molar-refractivity contribution in [2.24, 2.45) is 5.92 Å². The zero-order chi connectivity index (χ0) is 39.9. The highest BCUT2D eigenvalue weighted by atomic mass is 16.7. The summed E-state index contributed by atoms with van der Waals surface area (Å²) < 4.78 is 22.7. The smallest absolute Gasteiger partial charge is 0.466 e. The van der Waals surface area contributed by atoms with Crippen molar-refractivity contribution in [3.8, 4) is 0 Å². The predicted octanol–water partition coefficient (Wildman–Crippen LogP) is 11.7. The van der Waals surface area contributed by atoms with Gasteiger partial charge in [-0.05, 0) is 58.0 Å². The van der Waals surface area contributed by atoms with Gasteiger partial charge < -0.3 is 23.8 Å². The molecule has 0 aromatic carbocycles. The molecule has 2 unspecified atom stereocenters. The van der Waals surface area contributed by atoms with Gasteiger partial charge in [0.25, 0.3) is 0 Å². The molecule has 0 aliphatic rings. The number of rotatable bonds is 40. The molecule has 54 heavy (non-hydrogen) atoms. The van der Waals surface area contributed by atoms with Crippen LogP contribution in [0.2, 0.25) is 0 Å². The van der Waals surface area contributed by atoms with Gasteiger partial charge in [0.1, 0.15) is 19.3 Å². The first-order valence-corrected chi connectivity index (χ1v) is 22.9. The van der Waals surface area contributed by atoms with Crippen LogP contribution in [0.4, 0.5) is 4.79 Å². The van der Waals surface area contributed by atoms with Crippen LogP contribution in [0.5, 0.6) is 0 Å². The van der Waals surface area contributed by atoms with Crippen molar-refractivity contribution in [2.45, 2.75) is 208 Å². The molecule has 9 heteroatoms. The van der Waals surface area contributed by atoms with Crippen molar-refractivity contribution >= 4 is 18.1 Å². The number of hydrogen-bond acceptors (Lipinski definition) is 9. The second-order valence-corrected chi connectivity index (χ2v) is 15.4. The third-order valence-corrected chi connectivity index (χ3v) is 10.6. The largest absolute Gasteiger partial charge is 0.508 e. The van der Waals surface area contributed by atoms with Gasteiger partial charge >= 0.3 is 18.1 Å². The maximum Gasteiger partial charge on any atom is 0.508 e. The highest BCUT2D eigenvalue weighted by Crippen LogP contribution is 2.21. The Labute approximate surface area is 333 Å². The summed E-state index contributed by atoms with van der Waals surface area (Å²) in [5.41, 5.74) is 0. The van der Waals surface area contributed by atoms with Crippen LogP contribution in [-0.2, 0) is 28.5 Å². The molecule has 0 bridgehead atoms. The maximum atomic E-state index is 13.3. The molecule has 0 saturated carbocycles. The van der Waals surface area contributed by atoms with Crippen molar-refractivity contribution in [1.82, 2.24) is 9.80 Å². The molecule has 0 aliphatic heterocycles. The predicted molar refractivity (Wildman–Crippen MR) is 224 cm³/mol. The third kappa shape index (κ3) is 32.4. The number of ether oxygens (including phenoxy) is 4. The van der Waals surface area contributed by atoms with Crippen LogP contribution in [0.3, 0.4) is 0 Å². The van der Waals surface area contributed by atoms with Gasteiger partial charge in [-0.3, -0.25) is 14.5 Å². The Balaban J connectivity index is 5.02. The van der Waals surface area contributed by atoms with Crippen LogP contribution in [-0.4, -0.2) is 93.1 Å². The molecule has 0 N–H and O–H groups in total. The molecule has 0 heterocycles. The van der Waals surface area contributed by atoms with Crippen molar-refractivity contribution in [1.29, 1.82) is 0 Å². The number of nitrogens with zero attached hydrogens (tertiary/aromatic N) is 2. The quantitative estimate of drug-likeness (QED) is 0.0343. The first kappa shape index (κ1) is 52.1. The summed E-state index contributed by atoms with van der Waals surface area (Å²) in [5, 5.41) is 0. The first-order chi connectivity index (χ1) is 26.3.